The largest absolute Gasteiger partial charge is 0.465 e. The summed E-state index contributed by atoms with van der Waals surface area (Å²) >= 11 is 0. The van der Waals surface area contributed by atoms with E-state index in [9.17, 15) is 4.79 Å². The molecule has 0 N–H and O–H groups in total. The van der Waals surface area contributed by atoms with Crippen LogP contribution in [0.5, 0.6) is 0 Å². The maximum atomic E-state index is 12.3. The molecule has 5 heteroatoms. The van der Waals surface area contributed by atoms with Crippen LogP contribution in [0.15, 0.2) is 18.3 Å². The first-order valence-corrected chi connectivity index (χ1v) is 7.46. The molecule has 2 aromatic heterocycles. The van der Waals surface area contributed by atoms with Crippen molar-refractivity contribution in [2.75, 3.05) is 6.61 Å². The van der Waals surface area contributed by atoms with Gasteiger partial charge in [0, 0.05) is 12.2 Å². The van der Waals surface area contributed by atoms with E-state index in [2.05, 4.69) is 23.8 Å². The fraction of sp³-hybridized carbons (Fsp3) is 0.562. The molecule has 0 amide bonds. The van der Waals surface area contributed by atoms with Gasteiger partial charge >= 0.3 is 5.97 Å². The molecule has 5 nitrogen and oxygen atoms in total. The normalized spacial score (nSPS) is 13.1. The fourth-order valence-corrected chi connectivity index (χ4v) is 2.58. The number of imidazole rings is 1. The van der Waals surface area contributed by atoms with Crippen LogP contribution in [0.1, 0.15) is 52.4 Å². The minimum atomic E-state index is -0.374. The minimum Gasteiger partial charge on any atom is -0.465 e. The van der Waals surface area contributed by atoms with Gasteiger partial charge in [-0.2, -0.15) is 0 Å². The van der Waals surface area contributed by atoms with Crippen LogP contribution in [-0.2, 0) is 9.53 Å². The first kappa shape index (κ1) is 15.5. The predicted octanol–water partition coefficient (Wildman–Crippen LogP) is 3.31. The molecule has 0 saturated heterocycles. The van der Waals surface area contributed by atoms with Crippen molar-refractivity contribution < 1.29 is 9.53 Å². The molecule has 0 aromatic carbocycles. The summed E-state index contributed by atoms with van der Waals surface area (Å²) in [5.41, 5.74) is 1.63. The van der Waals surface area contributed by atoms with Crippen molar-refractivity contribution in [3.8, 4) is 0 Å². The van der Waals surface area contributed by atoms with E-state index in [0.717, 1.165) is 17.0 Å². The van der Waals surface area contributed by atoms with E-state index in [4.69, 9.17) is 4.74 Å². The van der Waals surface area contributed by atoms with Crippen molar-refractivity contribution in [3.63, 3.8) is 0 Å². The number of rotatable bonds is 5. The maximum absolute atomic E-state index is 12.3. The molecule has 2 heterocycles. The number of hydrogen-bond donors (Lipinski definition) is 0. The second kappa shape index (κ2) is 6.24. The Morgan fingerprint density at radius 1 is 1.33 bits per heavy atom. The van der Waals surface area contributed by atoms with Crippen LogP contribution in [0.2, 0.25) is 0 Å². The number of nitrogens with zero attached hydrogens (tertiary/aromatic N) is 3. The number of fused-ring (bicyclic) bond motifs is 1. The van der Waals surface area contributed by atoms with E-state index in [1.54, 1.807) is 6.20 Å². The first-order valence-electron chi connectivity index (χ1n) is 7.46. The van der Waals surface area contributed by atoms with Gasteiger partial charge in [-0.1, -0.05) is 13.8 Å². The van der Waals surface area contributed by atoms with E-state index in [1.807, 2.05) is 37.5 Å². The molecule has 0 aliphatic heterocycles. The maximum Gasteiger partial charge on any atom is 0.316 e. The predicted molar refractivity (Wildman–Crippen MR) is 82.1 cm³/mol. The van der Waals surface area contributed by atoms with Gasteiger partial charge in [0.05, 0.1) is 6.61 Å². The summed E-state index contributed by atoms with van der Waals surface area (Å²) < 4.78 is 7.28. The summed E-state index contributed by atoms with van der Waals surface area (Å²) in [6.07, 6.45) is 1.75. The van der Waals surface area contributed by atoms with Crippen molar-refractivity contribution in [3.05, 3.63) is 24.2 Å². The van der Waals surface area contributed by atoms with Gasteiger partial charge in [0.2, 0.25) is 0 Å². The molecule has 0 spiro atoms. The Morgan fingerprint density at radius 3 is 2.62 bits per heavy atom. The number of ether oxygens (including phenoxy) is 1. The molecule has 0 aliphatic rings. The Balaban J connectivity index is 2.62. The van der Waals surface area contributed by atoms with Crippen molar-refractivity contribution in [2.45, 2.75) is 46.6 Å². The molecule has 0 radical (unpaired) electrons. The zero-order valence-corrected chi connectivity index (χ0v) is 13.3. The molecule has 21 heavy (non-hydrogen) atoms. The summed E-state index contributed by atoms with van der Waals surface area (Å²) in [6.45, 7) is 10.4. The van der Waals surface area contributed by atoms with Gasteiger partial charge in [-0.15, -0.1) is 0 Å². The SMILES string of the molecule is CCOC(=O)C(c1nc2cccnc2n1C(C)C)C(C)C. The van der Waals surface area contributed by atoms with Crippen LogP contribution in [-0.4, -0.2) is 27.1 Å². The third-order valence-corrected chi connectivity index (χ3v) is 3.48. The molecule has 0 fully saturated rings. The lowest BCUT2D eigenvalue weighted by atomic mass is 9.95. The second-order valence-electron chi connectivity index (χ2n) is 5.75. The van der Waals surface area contributed by atoms with E-state index < -0.39 is 0 Å². The van der Waals surface area contributed by atoms with Crippen molar-refractivity contribution in [2.24, 2.45) is 5.92 Å². The van der Waals surface area contributed by atoms with Crippen LogP contribution in [0, 0.1) is 5.92 Å². The molecular weight excluding hydrogens is 266 g/mol. The molecule has 1 atom stereocenters. The zero-order valence-electron chi connectivity index (χ0n) is 13.3. The summed E-state index contributed by atoms with van der Waals surface area (Å²) in [4.78, 5) is 21.4. The van der Waals surface area contributed by atoms with Crippen LogP contribution >= 0.6 is 0 Å². The third-order valence-electron chi connectivity index (χ3n) is 3.48. The molecule has 0 bridgehead atoms. The Kier molecular flexibility index (Phi) is 4.60. The fourth-order valence-electron chi connectivity index (χ4n) is 2.58. The van der Waals surface area contributed by atoms with E-state index in [0.29, 0.717) is 6.61 Å². The highest BCUT2D eigenvalue weighted by molar-refractivity contribution is 5.80. The Bertz CT molecular complexity index is 631. The van der Waals surface area contributed by atoms with Gasteiger partial charge in [0.15, 0.2) is 5.65 Å². The van der Waals surface area contributed by atoms with Crippen LogP contribution < -0.4 is 0 Å². The summed E-state index contributed by atoms with van der Waals surface area (Å²) in [5.74, 6) is 0.261. The zero-order chi connectivity index (χ0) is 15.6. The molecule has 2 aromatic rings. The number of hydrogen-bond acceptors (Lipinski definition) is 4. The van der Waals surface area contributed by atoms with Crippen LogP contribution in [0.25, 0.3) is 11.2 Å². The Hall–Kier alpha value is -1.91. The monoisotopic (exact) mass is 289 g/mol. The average Bonchev–Trinajstić information content (AvgIpc) is 2.77. The van der Waals surface area contributed by atoms with Gasteiger partial charge in [-0.25, -0.2) is 9.97 Å². The number of carbonyl (C=O) groups excluding carboxylic acids is 1. The van der Waals surface area contributed by atoms with Crippen molar-refractivity contribution in [1.82, 2.24) is 14.5 Å². The Labute approximate surface area is 125 Å². The number of aromatic nitrogens is 3. The molecule has 1 unspecified atom stereocenters. The molecule has 2 rings (SSSR count). The molecule has 0 saturated carbocycles. The standard InChI is InChI=1S/C16H23N3O2/c1-6-21-16(20)13(10(2)3)15-18-12-8-7-9-17-14(12)19(15)11(4)5/h7-11,13H,6H2,1-5H3. The molecule has 0 aliphatic carbocycles. The highest BCUT2D eigenvalue weighted by Crippen LogP contribution is 2.30. The lowest BCUT2D eigenvalue weighted by molar-refractivity contribution is -0.146. The topological polar surface area (TPSA) is 57.0 Å². The molecule has 114 valence electrons. The van der Waals surface area contributed by atoms with E-state index >= 15 is 0 Å². The number of esters is 1. The first-order chi connectivity index (χ1) is 9.97. The van der Waals surface area contributed by atoms with Crippen LogP contribution in [0.4, 0.5) is 0 Å². The van der Waals surface area contributed by atoms with Gasteiger partial charge in [-0.3, -0.25) is 4.79 Å². The number of pyridine rings is 1. The quantitative estimate of drug-likeness (QED) is 0.792. The highest BCUT2D eigenvalue weighted by Gasteiger charge is 2.31. The number of carbonyl (C=O) groups is 1. The van der Waals surface area contributed by atoms with Gasteiger partial charge in [0.1, 0.15) is 17.3 Å². The van der Waals surface area contributed by atoms with Gasteiger partial charge < -0.3 is 9.30 Å². The highest BCUT2D eigenvalue weighted by atomic mass is 16.5. The third kappa shape index (κ3) is 2.91. The summed E-state index contributed by atoms with van der Waals surface area (Å²) in [7, 11) is 0. The Morgan fingerprint density at radius 2 is 2.05 bits per heavy atom. The minimum absolute atomic E-state index is 0.110. The summed E-state index contributed by atoms with van der Waals surface area (Å²) in [5, 5.41) is 0. The summed E-state index contributed by atoms with van der Waals surface area (Å²) in [6, 6.07) is 3.96. The second-order valence-corrected chi connectivity index (χ2v) is 5.75. The van der Waals surface area contributed by atoms with Gasteiger partial charge in [-0.05, 0) is 38.8 Å². The molecular formula is C16H23N3O2. The van der Waals surface area contributed by atoms with Crippen molar-refractivity contribution >= 4 is 17.1 Å². The van der Waals surface area contributed by atoms with Crippen LogP contribution in [0.3, 0.4) is 0 Å². The average molecular weight is 289 g/mol. The lowest BCUT2D eigenvalue weighted by Gasteiger charge is -2.21. The van der Waals surface area contributed by atoms with E-state index in [-0.39, 0.29) is 23.8 Å². The lowest BCUT2D eigenvalue weighted by Crippen LogP contribution is -2.25. The smallest absolute Gasteiger partial charge is 0.316 e. The van der Waals surface area contributed by atoms with E-state index in [1.165, 1.54) is 0 Å². The van der Waals surface area contributed by atoms with Gasteiger partial charge in [0.25, 0.3) is 0 Å². The van der Waals surface area contributed by atoms with Crippen molar-refractivity contribution in [1.29, 1.82) is 0 Å².